The molecule has 3 heterocycles. The molecule has 0 spiro atoms. The standard InChI is InChI=1S/C24H24FN7O2S/c1-35(34)20-12-16(11-17(25)13-20)21-8-9-26-23(28-21)27-18-6-4-15(5-7-18)22-29-24(31-30-22)32-10-2-3-19(33)14-32/h4-9,11-13,19,33H,2-3,10,14H2,1H3,(H,26,27,28)(H,29,30,31). The van der Waals surface area contributed by atoms with Gasteiger partial charge in [-0.05, 0) is 60.4 Å². The number of piperidine rings is 1. The molecule has 1 aliphatic rings. The molecule has 2 unspecified atom stereocenters. The number of β-amino-alcohol motifs (C(OH)–C–C–N with tert-alkyl or cyclic N) is 1. The SMILES string of the molecule is C[S+]([O-])c1cc(F)cc(-c2ccnc(Nc3ccc(-c4nc(N5CCCC(O)C5)n[nH]4)cc3)n2)c1. The van der Waals surface area contributed by atoms with Gasteiger partial charge in [0.15, 0.2) is 10.7 Å². The number of aromatic nitrogens is 5. The number of H-pyrrole nitrogens is 1. The molecule has 1 aliphatic heterocycles. The molecule has 1 fully saturated rings. The van der Waals surface area contributed by atoms with E-state index in [4.69, 9.17) is 0 Å². The van der Waals surface area contributed by atoms with E-state index >= 15 is 0 Å². The highest BCUT2D eigenvalue weighted by atomic mass is 32.2. The molecule has 2 aromatic heterocycles. The second kappa shape index (κ2) is 9.98. The number of nitrogens with zero attached hydrogens (tertiary/aromatic N) is 5. The van der Waals surface area contributed by atoms with Gasteiger partial charge in [-0.25, -0.2) is 14.4 Å². The van der Waals surface area contributed by atoms with Crippen molar-refractivity contribution in [1.29, 1.82) is 0 Å². The Balaban J connectivity index is 1.30. The Labute approximate surface area is 204 Å². The first-order valence-corrected chi connectivity index (χ1v) is 12.7. The number of hydrogen-bond donors (Lipinski definition) is 3. The van der Waals surface area contributed by atoms with E-state index in [9.17, 15) is 14.0 Å². The Hall–Kier alpha value is -3.54. The summed E-state index contributed by atoms with van der Waals surface area (Å²) < 4.78 is 25.8. The van der Waals surface area contributed by atoms with Crippen LogP contribution in [0.3, 0.4) is 0 Å². The van der Waals surface area contributed by atoms with Gasteiger partial charge in [-0.1, -0.05) is 0 Å². The monoisotopic (exact) mass is 493 g/mol. The highest BCUT2D eigenvalue weighted by Gasteiger charge is 2.21. The van der Waals surface area contributed by atoms with Crippen LogP contribution >= 0.6 is 0 Å². The average molecular weight is 494 g/mol. The van der Waals surface area contributed by atoms with Gasteiger partial charge >= 0.3 is 0 Å². The molecule has 11 heteroatoms. The van der Waals surface area contributed by atoms with E-state index in [1.165, 1.54) is 18.4 Å². The summed E-state index contributed by atoms with van der Waals surface area (Å²) in [6.07, 6.45) is 4.45. The maximum absolute atomic E-state index is 14.0. The van der Waals surface area contributed by atoms with Crippen LogP contribution in [-0.2, 0) is 11.2 Å². The predicted molar refractivity (Wildman–Crippen MR) is 132 cm³/mol. The Kier molecular flexibility index (Phi) is 6.62. The van der Waals surface area contributed by atoms with E-state index in [1.54, 1.807) is 18.3 Å². The number of halogens is 1. The van der Waals surface area contributed by atoms with Crippen molar-refractivity contribution in [3.05, 3.63) is 60.5 Å². The van der Waals surface area contributed by atoms with Gasteiger partial charge in [0.05, 0.1) is 11.8 Å². The van der Waals surface area contributed by atoms with Crippen molar-refractivity contribution >= 4 is 28.8 Å². The van der Waals surface area contributed by atoms with Crippen LogP contribution in [0.5, 0.6) is 0 Å². The first-order chi connectivity index (χ1) is 16.9. The van der Waals surface area contributed by atoms with Crippen LogP contribution in [0.15, 0.2) is 59.6 Å². The second-order valence-corrected chi connectivity index (χ2v) is 9.70. The molecule has 0 aliphatic carbocycles. The molecule has 0 amide bonds. The first kappa shape index (κ1) is 23.2. The van der Waals surface area contributed by atoms with Gasteiger partial charge in [0, 0.05) is 48.2 Å². The van der Waals surface area contributed by atoms with Gasteiger partial charge < -0.3 is 19.9 Å². The van der Waals surface area contributed by atoms with Crippen LogP contribution in [-0.4, -0.2) is 60.3 Å². The Morgan fingerprint density at radius 2 is 1.97 bits per heavy atom. The zero-order valence-electron chi connectivity index (χ0n) is 19.0. The van der Waals surface area contributed by atoms with Crippen LogP contribution in [0, 0.1) is 5.82 Å². The van der Waals surface area contributed by atoms with Crippen LogP contribution in [0.2, 0.25) is 0 Å². The molecule has 0 saturated carbocycles. The molecule has 180 valence electrons. The lowest BCUT2D eigenvalue weighted by Gasteiger charge is -2.28. The van der Waals surface area contributed by atoms with Crippen LogP contribution in [0.25, 0.3) is 22.6 Å². The van der Waals surface area contributed by atoms with Gasteiger partial charge in [0.25, 0.3) is 0 Å². The zero-order chi connectivity index (χ0) is 24.4. The van der Waals surface area contributed by atoms with E-state index in [2.05, 4.69) is 30.5 Å². The van der Waals surface area contributed by atoms with Crippen molar-refractivity contribution < 1.29 is 14.0 Å². The lowest BCUT2D eigenvalue weighted by Crippen LogP contribution is -2.38. The first-order valence-electron chi connectivity index (χ1n) is 11.1. The number of hydrogen-bond acceptors (Lipinski definition) is 8. The number of aliphatic hydroxyl groups is 1. The number of rotatable bonds is 6. The Morgan fingerprint density at radius 3 is 2.74 bits per heavy atom. The van der Waals surface area contributed by atoms with Crippen LogP contribution < -0.4 is 10.2 Å². The molecule has 9 nitrogen and oxygen atoms in total. The van der Waals surface area contributed by atoms with E-state index in [0.29, 0.717) is 40.4 Å². The van der Waals surface area contributed by atoms with Crippen molar-refractivity contribution in [2.75, 3.05) is 29.6 Å². The Morgan fingerprint density at radius 1 is 1.14 bits per heavy atom. The molecule has 5 rings (SSSR count). The van der Waals surface area contributed by atoms with E-state index in [-0.39, 0.29) is 6.10 Å². The minimum Gasteiger partial charge on any atom is -0.612 e. The molecule has 2 aromatic carbocycles. The molecule has 3 N–H and O–H groups in total. The normalized spacial score (nSPS) is 16.8. The molecule has 4 aromatic rings. The number of benzene rings is 2. The third-order valence-electron chi connectivity index (χ3n) is 5.72. The predicted octanol–water partition coefficient (Wildman–Crippen LogP) is 3.51. The molecule has 0 bridgehead atoms. The number of nitrogens with one attached hydrogen (secondary N) is 2. The van der Waals surface area contributed by atoms with Crippen molar-refractivity contribution in [3.8, 4) is 22.6 Å². The topological polar surface area (TPSA) is 126 Å². The lowest BCUT2D eigenvalue weighted by molar-refractivity contribution is 0.153. The van der Waals surface area contributed by atoms with E-state index in [0.717, 1.165) is 30.6 Å². The van der Waals surface area contributed by atoms with Gasteiger partial charge in [0.2, 0.25) is 11.9 Å². The van der Waals surface area contributed by atoms with Gasteiger partial charge in [-0.15, -0.1) is 5.10 Å². The summed E-state index contributed by atoms with van der Waals surface area (Å²) in [6, 6.07) is 13.5. The summed E-state index contributed by atoms with van der Waals surface area (Å²) in [6.45, 7) is 1.36. The Bertz CT molecular complexity index is 1320. The van der Waals surface area contributed by atoms with Crippen molar-refractivity contribution in [2.45, 2.75) is 23.8 Å². The largest absolute Gasteiger partial charge is 0.612 e. The fourth-order valence-corrected chi connectivity index (χ4v) is 4.53. The summed E-state index contributed by atoms with van der Waals surface area (Å²) in [4.78, 5) is 15.7. The van der Waals surface area contributed by atoms with Crippen molar-refractivity contribution in [2.24, 2.45) is 0 Å². The van der Waals surface area contributed by atoms with Crippen LogP contribution in [0.4, 0.5) is 22.0 Å². The summed E-state index contributed by atoms with van der Waals surface area (Å²) in [5, 5.41) is 20.3. The fourth-order valence-electron chi connectivity index (χ4n) is 3.96. The molecule has 35 heavy (non-hydrogen) atoms. The minimum absolute atomic E-state index is 0.351. The summed E-state index contributed by atoms with van der Waals surface area (Å²) in [7, 11) is 0. The van der Waals surface area contributed by atoms with Gasteiger partial charge in [-0.3, -0.25) is 5.10 Å². The second-order valence-electron chi connectivity index (χ2n) is 8.32. The van der Waals surface area contributed by atoms with Gasteiger partial charge in [0.1, 0.15) is 12.1 Å². The molecule has 0 radical (unpaired) electrons. The maximum atomic E-state index is 14.0. The lowest BCUT2D eigenvalue weighted by atomic mass is 10.1. The summed E-state index contributed by atoms with van der Waals surface area (Å²) in [5.41, 5.74) is 2.67. The molecular weight excluding hydrogens is 469 g/mol. The smallest absolute Gasteiger partial charge is 0.245 e. The highest BCUT2D eigenvalue weighted by molar-refractivity contribution is 7.90. The minimum atomic E-state index is -1.31. The quantitative estimate of drug-likeness (QED) is 0.349. The van der Waals surface area contributed by atoms with Gasteiger partial charge in [-0.2, -0.15) is 4.98 Å². The number of anilines is 3. The van der Waals surface area contributed by atoms with E-state index < -0.39 is 17.0 Å². The summed E-state index contributed by atoms with van der Waals surface area (Å²) >= 11 is -1.31. The fraction of sp³-hybridized carbons (Fsp3) is 0.250. The van der Waals surface area contributed by atoms with Crippen LogP contribution in [0.1, 0.15) is 12.8 Å². The third kappa shape index (κ3) is 5.42. The van der Waals surface area contributed by atoms with Crippen molar-refractivity contribution in [1.82, 2.24) is 25.1 Å². The van der Waals surface area contributed by atoms with E-state index in [1.807, 2.05) is 29.2 Å². The molecular formula is C24H24FN7O2S. The molecule has 1 saturated heterocycles. The zero-order valence-corrected chi connectivity index (χ0v) is 19.8. The number of aliphatic hydroxyl groups excluding tert-OH is 1. The van der Waals surface area contributed by atoms with Crippen molar-refractivity contribution in [3.63, 3.8) is 0 Å². The number of aromatic amines is 1. The maximum Gasteiger partial charge on any atom is 0.245 e. The summed E-state index contributed by atoms with van der Waals surface area (Å²) in [5.74, 6) is 1.10. The highest BCUT2D eigenvalue weighted by Crippen LogP contribution is 2.25. The molecule has 2 atom stereocenters. The average Bonchev–Trinajstić information content (AvgIpc) is 3.35. The third-order valence-corrected chi connectivity index (χ3v) is 6.62.